The molecule has 1 unspecified atom stereocenters. The number of hydrogen-bond acceptors (Lipinski definition) is 0. The first-order chi connectivity index (χ1) is 10.4. The van der Waals surface area contributed by atoms with Crippen LogP contribution >= 0.6 is 0 Å². The molecule has 0 aliphatic carbocycles. The maximum absolute atomic E-state index is 13.3. The van der Waals surface area contributed by atoms with Crippen LogP contribution in [-0.2, 0) is 0 Å². The zero-order valence-corrected chi connectivity index (χ0v) is 10.4. The maximum Gasteiger partial charge on any atom is 0.457 e. The van der Waals surface area contributed by atoms with Gasteiger partial charge in [0.05, 0.1) is 0 Å². The van der Waals surface area contributed by atoms with Gasteiger partial charge in [-0.05, 0) is 0 Å². The van der Waals surface area contributed by atoms with Crippen molar-refractivity contribution in [3.8, 4) is 0 Å². The Hall–Kier alpha value is -1.19. The van der Waals surface area contributed by atoms with Gasteiger partial charge in [-0.1, -0.05) is 0 Å². The highest BCUT2D eigenvalue weighted by molar-refractivity contribution is 5.27. The molecule has 0 heterocycles. The fraction of sp³-hybridized carbons (Fsp3) is 0.875. The number of alkyl halides is 17. The molecular formula is C8F17. The second-order valence-corrected chi connectivity index (χ2v) is 4.17. The van der Waals surface area contributed by atoms with Gasteiger partial charge in [-0.2, -0.15) is 61.5 Å². The van der Waals surface area contributed by atoms with E-state index in [1.165, 1.54) is 0 Å². The Morgan fingerprint density at radius 3 is 0.840 bits per heavy atom. The molecule has 25 heavy (non-hydrogen) atoms. The summed E-state index contributed by atoms with van der Waals surface area (Å²) in [5.74, 6) is -22.5. The predicted octanol–water partition coefficient (Wildman–Crippen LogP) is 5.79. The molecule has 17 heteroatoms. The van der Waals surface area contributed by atoms with Crippen molar-refractivity contribution in [2.45, 2.75) is 42.2 Å². The van der Waals surface area contributed by atoms with E-state index in [1.807, 2.05) is 0 Å². The van der Waals surface area contributed by atoms with Crippen LogP contribution in [0.1, 0.15) is 0 Å². The van der Waals surface area contributed by atoms with Crippen LogP contribution in [0.3, 0.4) is 0 Å². The second-order valence-electron chi connectivity index (χ2n) is 4.17. The van der Waals surface area contributed by atoms with Crippen LogP contribution in [0.2, 0.25) is 0 Å². The van der Waals surface area contributed by atoms with Gasteiger partial charge in [0.2, 0.25) is 0 Å². The highest BCUT2D eigenvalue weighted by Crippen LogP contribution is 2.65. The summed E-state index contributed by atoms with van der Waals surface area (Å²) < 4.78 is 209. The molecule has 1 atom stereocenters. The third kappa shape index (κ3) is 3.54. The molecule has 0 fully saturated rings. The fourth-order valence-corrected chi connectivity index (χ4v) is 1.44. The Morgan fingerprint density at radius 1 is 0.400 bits per heavy atom. The van der Waals surface area contributed by atoms with Crippen LogP contribution in [0.5, 0.6) is 0 Å². The molecule has 1 radical (unpaired) electrons. The lowest BCUT2D eigenvalue weighted by molar-refractivity contribution is -0.430. The lowest BCUT2D eigenvalue weighted by Gasteiger charge is -2.43. The Bertz CT molecular complexity index is 457. The van der Waals surface area contributed by atoms with Gasteiger partial charge >= 0.3 is 42.2 Å². The predicted molar refractivity (Wildman–Crippen MR) is 41.2 cm³/mol. The van der Waals surface area contributed by atoms with Crippen LogP contribution in [-0.4, -0.2) is 42.2 Å². The highest BCUT2D eigenvalue weighted by atomic mass is 19.4. The van der Waals surface area contributed by atoms with Crippen molar-refractivity contribution in [2.75, 3.05) is 0 Å². The summed E-state index contributed by atoms with van der Waals surface area (Å²) in [7, 11) is 0. The van der Waals surface area contributed by atoms with E-state index in [0.29, 0.717) is 0 Å². The van der Waals surface area contributed by atoms with E-state index in [4.69, 9.17) is 0 Å². The fourth-order valence-electron chi connectivity index (χ4n) is 1.44. The van der Waals surface area contributed by atoms with Gasteiger partial charge < -0.3 is 0 Å². The van der Waals surface area contributed by atoms with Gasteiger partial charge in [-0.3, -0.25) is 0 Å². The van der Waals surface area contributed by atoms with Gasteiger partial charge in [-0.15, -0.1) is 0 Å². The highest BCUT2D eigenvalue weighted by Gasteiger charge is 2.94. The Labute approximate surface area is 124 Å². The first-order valence-corrected chi connectivity index (χ1v) is 4.96. The quantitative estimate of drug-likeness (QED) is 0.509. The minimum Gasteiger partial charge on any atom is -0.220 e. The molecule has 0 aliphatic rings. The molecule has 0 saturated heterocycles. The summed E-state index contributed by atoms with van der Waals surface area (Å²) in [6.45, 7) is 0. The van der Waals surface area contributed by atoms with E-state index in [1.54, 1.807) is 0 Å². The van der Waals surface area contributed by atoms with Crippen molar-refractivity contribution in [1.82, 2.24) is 0 Å². The van der Waals surface area contributed by atoms with Gasteiger partial charge in [0.15, 0.2) is 0 Å². The molecule has 0 aromatic carbocycles. The maximum atomic E-state index is 13.3. The van der Waals surface area contributed by atoms with Crippen LogP contribution in [0.25, 0.3) is 0 Å². The Balaban J connectivity index is 6.99. The molecule has 0 spiro atoms. The Morgan fingerprint density at radius 2 is 0.680 bits per heavy atom. The van der Waals surface area contributed by atoms with Crippen LogP contribution < -0.4 is 0 Å². The molecule has 0 amide bonds. The molecule has 0 aromatic heterocycles. The molecule has 0 aliphatic heterocycles. The van der Waals surface area contributed by atoms with E-state index >= 15 is 0 Å². The zero-order chi connectivity index (χ0) is 21.1. The van der Waals surface area contributed by atoms with Gasteiger partial charge in [0, 0.05) is 0 Å². The lowest BCUT2D eigenvalue weighted by atomic mass is 9.80. The molecule has 0 N–H and O–H groups in total. The topological polar surface area (TPSA) is 0 Å². The van der Waals surface area contributed by atoms with Crippen molar-refractivity contribution in [1.29, 1.82) is 0 Å². The first-order valence-electron chi connectivity index (χ1n) is 4.96. The summed E-state index contributed by atoms with van der Waals surface area (Å²) in [6, 6.07) is 0. The largest absolute Gasteiger partial charge is 0.457 e. The molecule has 0 bridgehead atoms. The molecule has 0 nitrogen and oxygen atoms in total. The average molecular weight is 419 g/mol. The monoisotopic (exact) mass is 419 g/mol. The Kier molecular flexibility index (Phi) is 5.38. The third-order valence-electron chi connectivity index (χ3n) is 2.49. The van der Waals surface area contributed by atoms with Gasteiger partial charge in [0.1, 0.15) is 0 Å². The molecular weight excluding hydrogens is 419 g/mol. The lowest BCUT2D eigenvalue weighted by Crippen LogP contribution is -2.74. The van der Waals surface area contributed by atoms with Crippen LogP contribution in [0.15, 0.2) is 0 Å². The summed E-state index contributed by atoms with van der Waals surface area (Å²) in [6.07, 6.45) is -31.4. The summed E-state index contributed by atoms with van der Waals surface area (Å²) in [5.41, 5.74) is -8.62. The summed E-state index contributed by atoms with van der Waals surface area (Å²) in [5, 5.41) is 0. The normalized spacial score (nSPS) is 18.5. The number of hydrogen-bond donors (Lipinski definition) is 0. The van der Waals surface area contributed by atoms with Crippen molar-refractivity contribution in [3.63, 3.8) is 0 Å². The SMILES string of the molecule is FC(F)(F)[C](C(F)(F)F)C(F)(F)C(F)(C(F)(F)F)C(F)(F)C(F)(F)F. The van der Waals surface area contributed by atoms with E-state index in [-0.39, 0.29) is 0 Å². The smallest absolute Gasteiger partial charge is 0.220 e. The van der Waals surface area contributed by atoms with Gasteiger partial charge in [0.25, 0.3) is 5.92 Å². The second kappa shape index (κ2) is 5.65. The van der Waals surface area contributed by atoms with Gasteiger partial charge in [-0.25, -0.2) is 13.2 Å². The minimum atomic E-state index is -8.62. The van der Waals surface area contributed by atoms with Crippen molar-refractivity contribution >= 4 is 0 Å². The van der Waals surface area contributed by atoms with Crippen molar-refractivity contribution < 1.29 is 74.6 Å². The van der Waals surface area contributed by atoms with Crippen LogP contribution in [0, 0.1) is 5.92 Å². The van der Waals surface area contributed by atoms with Crippen molar-refractivity contribution in [3.05, 3.63) is 5.92 Å². The molecule has 0 saturated carbocycles. The van der Waals surface area contributed by atoms with E-state index in [2.05, 4.69) is 0 Å². The number of rotatable bonds is 3. The van der Waals surface area contributed by atoms with E-state index < -0.39 is 48.1 Å². The standard InChI is InChI=1S/C8F17/c9-2(10,1(3(11,12)13)4(14,15)16)5(17,7(20,21)22)6(18,19)8(23,24)25. The van der Waals surface area contributed by atoms with Crippen LogP contribution in [0.4, 0.5) is 74.6 Å². The third-order valence-corrected chi connectivity index (χ3v) is 2.49. The summed E-state index contributed by atoms with van der Waals surface area (Å²) >= 11 is 0. The molecule has 0 aromatic rings. The zero-order valence-electron chi connectivity index (χ0n) is 10.4. The molecule has 151 valence electrons. The van der Waals surface area contributed by atoms with Crippen molar-refractivity contribution in [2.24, 2.45) is 0 Å². The summed E-state index contributed by atoms with van der Waals surface area (Å²) in [4.78, 5) is 0. The average Bonchev–Trinajstić information content (AvgIpc) is 2.18. The van der Waals surface area contributed by atoms with E-state index in [9.17, 15) is 74.6 Å². The minimum absolute atomic E-state index is 5.73. The first kappa shape index (κ1) is 23.8. The number of halogens is 17. The molecule has 0 rings (SSSR count). The van der Waals surface area contributed by atoms with E-state index in [0.717, 1.165) is 0 Å².